The van der Waals surface area contributed by atoms with Gasteiger partial charge in [0.1, 0.15) is 6.26 Å². The Kier molecular flexibility index (Phi) is 2.59. The predicted octanol–water partition coefficient (Wildman–Crippen LogP) is 1.41. The molecule has 5 nitrogen and oxygen atoms in total. The Morgan fingerprint density at radius 2 is 1.89 bits per heavy atom. The lowest BCUT2D eigenvalue weighted by Gasteiger charge is -2.06. The van der Waals surface area contributed by atoms with Crippen LogP contribution in [0.4, 0.5) is 0 Å². The Bertz CT molecular complexity index is 840. The average molecular weight is 256 g/mol. The summed E-state index contributed by atoms with van der Waals surface area (Å²) in [5.41, 5.74) is 0.941. The van der Waals surface area contributed by atoms with E-state index in [4.69, 9.17) is 4.42 Å². The highest BCUT2D eigenvalue weighted by atomic mass is 16.3. The maximum Gasteiger partial charge on any atom is 0.338 e. The van der Waals surface area contributed by atoms with Crippen molar-refractivity contribution >= 4 is 5.71 Å². The minimum Gasteiger partial charge on any atom is -0.446 e. The highest BCUT2D eigenvalue weighted by Crippen LogP contribution is 2.05. The van der Waals surface area contributed by atoms with Crippen LogP contribution in [0.2, 0.25) is 0 Å². The first-order valence-electron chi connectivity index (χ1n) is 5.91. The lowest BCUT2D eigenvalue weighted by atomic mass is 10.2. The molecule has 0 spiro atoms. The molecule has 0 aliphatic heterocycles. The number of hydrogen-bond donors (Lipinski definition) is 0. The SMILES string of the molecule is Cc1c(=O)n(Cc2ccccc2)c(=O)n2ccoc12. The lowest BCUT2D eigenvalue weighted by molar-refractivity contribution is 0.587. The van der Waals surface area contributed by atoms with Crippen molar-refractivity contribution in [1.29, 1.82) is 0 Å². The fourth-order valence-electron chi connectivity index (χ4n) is 2.12. The van der Waals surface area contributed by atoms with Crippen LogP contribution in [0.3, 0.4) is 0 Å². The Morgan fingerprint density at radius 3 is 2.63 bits per heavy atom. The molecule has 0 saturated carbocycles. The Balaban J connectivity index is 2.24. The molecule has 0 unspecified atom stereocenters. The molecule has 3 rings (SSSR count). The van der Waals surface area contributed by atoms with Gasteiger partial charge >= 0.3 is 5.69 Å². The molecule has 19 heavy (non-hydrogen) atoms. The van der Waals surface area contributed by atoms with Crippen LogP contribution in [-0.4, -0.2) is 8.97 Å². The summed E-state index contributed by atoms with van der Waals surface area (Å²) >= 11 is 0. The van der Waals surface area contributed by atoms with Crippen LogP contribution < -0.4 is 11.2 Å². The van der Waals surface area contributed by atoms with Crippen LogP contribution in [0.25, 0.3) is 5.71 Å². The molecule has 3 aromatic rings. The average Bonchev–Trinajstić information content (AvgIpc) is 2.92. The topological polar surface area (TPSA) is 56.6 Å². The van der Waals surface area contributed by atoms with E-state index in [0.29, 0.717) is 11.3 Å². The number of oxazole rings is 1. The first-order valence-corrected chi connectivity index (χ1v) is 5.91. The van der Waals surface area contributed by atoms with Crippen LogP contribution in [-0.2, 0) is 6.54 Å². The van der Waals surface area contributed by atoms with Crippen molar-refractivity contribution in [3.8, 4) is 0 Å². The van der Waals surface area contributed by atoms with Crippen molar-refractivity contribution in [2.24, 2.45) is 0 Å². The number of rotatable bonds is 2. The zero-order chi connectivity index (χ0) is 13.4. The third-order valence-corrected chi connectivity index (χ3v) is 3.12. The highest BCUT2D eigenvalue weighted by Gasteiger charge is 2.13. The van der Waals surface area contributed by atoms with Gasteiger partial charge in [-0.3, -0.25) is 9.36 Å². The van der Waals surface area contributed by atoms with Gasteiger partial charge in [0.05, 0.1) is 18.3 Å². The molecule has 0 atom stereocenters. The van der Waals surface area contributed by atoms with Gasteiger partial charge in [0.2, 0.25) is 5.71 Å². The molecule has 5 heteroatoms. The van der Waals surface area contributed by atoms with Crippen molar-refractivity contribution in [2.45, 2.75) is 13.5 Å². The molecule has 96 valence electrons. The quantitative estimate of drug-likeness (QED) is 0.696. The lowest BCUT2D eigenvalue weighted by Crippen LogP contribution is -2.38. The summed E-state index contributed by atoms with van der Waals surface area (Å²) in [6.07, 6.45) is 2.92. The van der Waals surface area contributed by atoms with Crippen LogP contribution in [0.15, 0.2) is 56.8 Å². The fourth-order valence-corrected chi connectivity index (χ4v) is 2.12. The van der Waals surface area contributed by atoms with Crippen molar-refractivity contribution in [2.75, 3.05) is 0 Å². The van der Waals surface area contributed by atoms with Crippen LogP contribution in [0.1, 0.15) is 11.1 Å². The van der Waals surface area contributed by atoms with E-state index < -0.39 is 0 Å². The zero-order valence-corrected chi connectivity index (χ0v) is 10.4. The van der Waals surface area contributed by atoms with Gasteiger partial charge < -0.3 is 4.42 Å². The molecule has 1 aromatic carbocycles. The van der Waals surface area contributed by atoms with E-state index >= 15 is 0 Å². The van der Waals surface area contributed by atoms with Gasteiger partial charge in [0, 0.05) is 0 Å². The van der Waals surface area contributed by atoms with Gasteiger partial charge in [-0.25, -0.2) is 9.20 Å². The predicted molar refractivity (Wildman–Crippen MR) is 70.5 cm³/mol. The Morgan fingerprint density at radius 1 is 1.16 bits per heavy atom. The van der Waals surface area contributed by atoms with Crippen molar-refractivity contribution in [3.05, 3.63) is 74.8 Å². The summed E-state index contributed by atoms with van der Waals surface area (Å²) < 4.78 is 7.73. The highest BCUT2D eigenvalue weighted by molar-refractivity contribution is 5.41. The first kappa shape index (κ1) is 11.5. The van der Waals surface area contributed by atoms with Gasteiger partial charge in [0.15, 0.2) is 0 Å². The minimum atomic E-state index is -0.386. The molecule has 0 bridgehead atoms. The monoisotopic (exact) mass is 256 g/mol. The van der Waals surface area contributed by atoms with Crippen molar-refractivity contribution in [1.82, 2.24) is 8.97 Å². The summed E-state index contributed by atoms with van der Waals surface area (Å²) in [6.45, 7) is 1.91. The third-order valence-electron chi connectivity index (χ3n) is 3.12. The molecule has 0 fully saturated rings. The number of benzene rings is 1. The molecular formula is C14H12N2O3. The number of fused-ring (bicyclic) bond motifs is 1. The number of nitrogens with zero attached hydrogens (tertiary/aromatic N) is 2. The summed E-state index contributed by atoms with van der Waals surface area (Å²) in [7, 11) is 0. The summed E-state index contributed by atoms with van der Waals surface area (Å²) in [6, 6.07) is 9.41. The van der Waals surface area contributed by atoms with E-state index in [1.165, 1.54) is 21.4 Å². The van der Waals surface area contributed by atoms with Gasteiger partial charge in [-0.15, -0.1) is 0 Å². The number of aromatic nitrogens is 2. The normalized spacial score (nSPS) is 11.0. The molecule has 0 aliphatic carbocycles. The largest absolute Gasteiger partial charge is 0.446 e. The summed E-state index contributed by atoms with van der Waals surface area (Å²) in [5.74, 6) is 0. The molecular weight excluding hydrogens is 244 g/mol. The maximum atomic E-state index is 12.2. The van der Waals surface area contributed by atoms with Crippen molar-refractivity contribution in [3.63, 3.8) is 0 Å². The standard InChI is InChI=1S/C14H12N2O3/c1-10-12(17)16(9-11-5-3-2-4-6-11)14(18)15-7-8-19-13(10)15/h2-8H,9H2,1H3. The molecule has 2 heterocycles. The van der Waals surface area contributed by atoms with E-state index in [-0.39, 0.29) is 17.8 Å². The van der Waals surface area contributed by atoms with E-state index in [1.807, 2.05) is 30.3 Å². The Hall–Kier alpha value is -2.56. The number of hydrogen-bond acceptors (Lipinski definition) is 3. The smallest absolute Gasteiger partial charge is 0.338 e. The van der Waals surface area contributed by atoms with E-state index in [0.717, 1.165) is 5.56 Å². The van der Waals surface area contributed by atoms with Crippen LogP contribution in [0.5, 0.6) is 0 Å². The molecule has 0 radical (unpaired) electrons. The Labute approximate surface area is 108 Å². The fraction of sp³-hybridized carbons (Fsp3) is 0.143. The minimum absolute atomic E-state index is 0.257. The van der Waals surface area contributed by atoms with Gasteiger partial charge in [-0.2, -0.15) is 0 Å². The third kappa shape index (κ3) is 1.79. The van der Waals surface area contributed by atoms with Gasteiger partial charge in [-0.1, -0.05) is 30.3 Å². The van der Waals surface area contributed by atoms with E-state index in [1.54, 1.807) is 6.92 Å². The molecule has 2 aromatic heterocycles. The molecule has 0 saturated heterocycles. The number of aryl methyl sites for hydroxylation is 1. The van der Waals surface area contributed by atoms with Crippen LogP contribution >= 0.6 is 0 Å². The summed E-state index contributed by atoms with van der Waals surface area (Å²) in [5, 5.41) is 0. The van der Waals surface area contributed by atoms with Crippen molar-refractivity contribution < 1.29 is 4.42 Å². The van der Waals surface area contributed by atoms with Gasteiger partial charge in [0.25, 0.3) is 5.56 Å². The second-order valence-electron chi connectivity index (χ2n) is 4.36. The maximum absolute atomic E-state index is 12.2. The van der Waals surface area contributed by atoms with Crippen LogP contribution in [0, 0.1) is 6.92 Å². The first-order chi connectivity index (χ1) is 9.18. The molecule has 0 aliphatic rings. The summed E-state index contributed by atoms with van der Waals surface area (Å²) in [4.78, 5) is 24.4. The molecule has 0 amide bonds. The zero-order valence-electron chi connectivity index (χ0n) is 10.4. The van der Waals surface area contributed by atoms with E-state index in [2.05, 4.69) is 0 Å². The second-order valence-corrected chi connectivity index (χ2v) is 4.36. The second kappa shape index (κ2) is 4.28. The van der Waals surface area contributed by atoms with E-state index in [9.17, 15) is 9.59 Å². The molecule has 0 N–H and O–H groups in total. The van der Waals surface area contributed by atoms with Gasteiger partial charge in [-0.05, 0) is 12.5 Å².